The molecule has 1 heterocycles. The first-order valence-electron chi connectivity index (χ1n) is 5.84. The number of aryl methyl sites for hydroxylation is 1. The van der Waals surface area contributed by atoms with Gasteiger partial charge in [-0.2, -0.15) is 0 Å². The first kappa shape index (κ1) is 10.9. The van der Waals surface area contributed by atoms with Gasteiger partial charge in [-0.05, 0) is 38.0 Å². The third-order valence-electron chi connectivity index (χ3n) is 3.36. The third kappa shape index (κ3) is 2.71. The van der Waals surface area contributed by atoms with Crippen molar-refractivity contribution in [2.75, 3.05) is 5.32 Å². The molecule has 1 N–H and O–H groups in total. The van der Waals surface area contributed by atoms with E-state index in [1.165, 1.54) is 19.3 Å². The van der Waals surface area contributed by atoms with Gasteiger partial charge in [-0.25, -0.2) is 4.98 Å². The van der Waals surface area contributed by atoms with E-state index in [1.54, 1.807) is 11.3 Å². The molecule has 0 amide bonds. The molecule has 0 radical (unpaired) electrons. The van der Waals surface area contributed by atoms with Gasteiger partial charge in [0, 0.05) is 11.4 Å². The lowest BCUT2D eigenvalue weighted by molar-refractivity contribution is 0.276. The Morgan fingerprint density at radius 2 is 2.20 bits per heavy atom. The molecular weight excluding hydrogens is 204 g/mol. The highest BCUT2D eigenvalue weighted by Gasteiger charge is 2.25. The highest BCUT2D eigenvalue weighted by molar-refractivity contribution is 7.13. The molecule has 0 spiro atoms. The highest BCUT2D eigenvalue weighted by Crippen LogP contribution is 2.31. The molecule has 1 aromatic heterocycles. The number of nitrogens with one attached hydrogen (secondary N) is 1. The molecule has 0 bridgehead atoms. The van der Waals surface area contributed by atoms with Crippen molar-refractivity contribution in [1.29, 1.82) is 0 Å². The van der Waals surface area contributed by atoms with Crippen LogP contribution in [0.4, 0.5) is 5.13 Å². The Kier molecular flexibility index (Phi) is 3.29. The number of hydrogen-bond acceptors (Lipinski definition) is 3. The number of anilines is 1. The van der Waals surface area contributed by atoms with Crippen LogP contribution >= 0.6 is 11.3 Å². The monoisotopic (exact) mass is 224 g/mol. The van der Waals surface area contributed by atoms with E-state index in [-0.39, 0.29) is 0 Å². The van der Waals surface area contributed by atoms with E-state index in [4.69, 9.17) is 0 Å². The van der Waals surface area contributed by atoms with Gasteiger partial charge in [0.25, 0.3) is 0 Å². The Hall–Kier alpha value is -0.570. The molecule has 0 aliphatic heterocycles. The van der Waals surface area contributed by atoms with E-state index < -0.39 is 0 Å². The second-order valence-corrected chi connectivity index (χ2v) is 5.80. The fraction of sp³-hybridized carbons (Fsp3) is 0.750. The second-order valence-electron chi connectivity index (χ2n) is 4.94. The van der Waals surface area contributed by atoms with Crippen LogP contribution in [-0.2, 0) is 0 Å². The molecule has 3 atom stereocenters. The second kappa shape index (κ2) is 4.52. The van der Waals surface area contributed by atoms with Gasteiger partial charge in [-0.1, -0.05) is 13.8 Å². The average molecular weight is 224 g/mol. The van der Waals surface area contributed by atoms with Crippen LogP contribution in [0.15, 0.2) is 5.38 Å². The summed E-state index contributed by atoms with van der Waals surface area (Å²) >= 11 is 1.72. The summed E-state index contributed by atoms with van der Waals surface area (Å²) in [5.74, 6) is 1.68. The highest BCUT2D eigenvalue weighted by atomic mass is 32.1. The minimum Gasteiger partial charge on any atom is -0.359 e. The number of rotatable bonds is 2. The molecule has 0 aromatic carbocycles. The zero-order valence-corrected chi connectivity index (χ0v) is 10.6. The fourth-order valence-corrected chi connectivity index (χ4v) is 3.21. The van der Waals surface area contributed by atoms with Crippen molar-refractivity contribution < 1.29 is 0 Å². The molecule has 1 aliphatic rings. The summed E-state index contributed by atoms with van der Waals surface area (Å²) < 4.78 is 0. The van der Waals surface area contributed by atoms with Crippen LogP contribution in [0.3, 0.4) is 0 Å². The van der Waals surface area contributed by atoms with Crippen molar-refractivity contribution in [2.45, 2.75) is 46.1 Å². The summed E-state index contributed by atoms with van der Waals surface area (Å²) in [5, 5.41) is 6.79. The lowest BCUT2D eigenvalue weighted by Gasteiger charge is -2.33. The van der Waals surface area contributed by atoms with E-state index in [2.05, 4.69) is 29.5 Å². The Bertz CT molecular complexity index is 321. The molecule has 1 aromatic rings. The zero-order valence-electron chi connectivity index (χ0n) is 9.79. The summed E-state index contributed by atoms with van der Waals surface area (Å²) in [5.41, 5.74) is 1.12. The lowest BCUT2D eigenvalue weighted by Crippen LogP contribution is -2.32. The van der Waals surface area contributed by atoms with E-state index in [9.17, 15) is 0 Å². The predicted molar refractivity (Wildman–Crippen MR) is 66.4 cm³/mol. The Morgan fingerprint density at radius 3 is 2.80 bits per heavy atom. The molecule has 15 heavy (non-hydrogen) atoms. The van der Waals surface area contributed by atoms with Crippen LogP contribution in [0, 0.1) is 18.8 Å². The normalized spacial score (nSPS) is 31.5. The van der Waals surface area contributed by atoms with Crippen LogP contribution in [-0.4, -0.2) is 11.0 Å². The molecule has 1 fully saturated rings. The largest absolute Gasteiger partial charge is 0.359 e. The quantitative estimate of drug-likeness (QED) is 0.828. The minimum atomic E-state index is 0.631. The van der Waals surface area contributed by atoms with Crippen LogP contribution in [0.1, 0.15) is 38.8 Å². The maximum absolute atomic E-state index is 4.47. The summed E-state index contributed by atoms with van der Waals surface area (Å²) in [6, 6.07) is 0.631. The van der Waals surface area contributed by atoms with Crippen LogP contribution in [0.5, 0.6) is 0 Å². The molecular formula is C12H20N2S. The summed E-state index contributed by atoms with van der Waals surface area (Å²) in [4.78, 5) is 4.47. The molecule has 84 valence electrons. The maximum atomic E-state index is 4.47. The van der Waals surface area contributed by atoms with Crippen LogP contribution < -0.4 is 5.32 Å². The van der Waals surface area contributed by atoms with Gasteiger partial charge in [0.05, 0.1) is 5.69 Å². The Labute approximate surface area is 96.1 Å². The van der Waals surface area contributed by atoms with Gasteiger partial charge in [0.1, 0.15) is 0 Å². The third-order valence-corrected chi connectivity index (χ3v) is 4.25. The van der Waals surface area contributed by atoms with Gasteiger partial charge in [0.2, 0.25) is 0 Å². The first-order chi connectivity index (χ1) is 7.15. The van der Waals surface area contributed by atoms with Crippen molar-refractivity contribution in [3.8, 4) is 0 Å². The molecule has 2 nitrogen and oxygen atoms in total. The van der Waals surface area contributed by atoms with E-state index in [0.29, 0.717) is 6.04 Å². The zero-order chi connectivity index (χ0) is 10.8. The van der Waals surface area contributed by atoms with Gasteiger partial charge in [-0.3, -0.25) is 0 Å². The van der Waals surface area contributed by atoms with Crippen molar-refractivity contribution in [1.82, 2.24) is 4.98 Å². The van der Waals surface area contributed by atoms with Crippen molar-refractivity contribution in [3.63, 3.8) is 0 Å². The van der Waals surface area contributed by atoms with E-state index in [0.717, 1.165) is 22.7 Å². The van der Waals surface area contributed by atoms with Gasteiger partial charge in [-0.15, -0.1) is 11.3 Å². The number of nitrogens with zero attached hydrogens (tertiary/aromatic N) is 1. The molecule has 1 aliphatic carbocycles. The van der Waals surface area contributed by atoms with Gasteiger partial charge in [0.15, 0.2) is 5.13 Å². The Balaban J connectivity index is 1.94. The molecule has 3 heteroatoms. The molecule has 1 saturated carbocycles. The van der Waals surface area contributed by atoms with Crippen molar-refractivity contribution in [2.24, 2.45) is 11.8 Å². The van der Waals surface area contributed by atoms with Crippen LogP contribution in [0.2, 0.25) is 0 Å². The number of thiazole rings is 1. The predicted octanol–water partition coefficient (Wildman–Crippen LogP) is 3.69. The van der Waals surface area contributed by atoms with E-state index in [1.807, 2.05) is 6.92 Å². The van der Waals surface area contributed by atoms with E-state index >= 15 is 0 Å². The summed E-state index contributed by atoms with van der Waals surface area (Å²) in [6.07, 6.45) is 4.00. The van der Waals surface area contributed by atoms with Crippen LogP contribution in [0.25, 0.3) is 0 Å². The minimum absolute atomic E-state index is 0.631. The molecule has 3 unspecified atom stereocenters. The molecule has 2 rings (SSSR count). The van der Waals surface area contributed by atoms with Crippen molar-refractivity contribution >= 4 is 16.5 Å². The molecule has 0 saturated heterocycles. The number of hydrogen-bond donors (Lipinski definition) is 1. The Morgan fingerprint density at radius 1 is 1.40 bits per heavy atom. The number of aromatic nitrogens is 1. The summed E-state index contributed by atoms with van der Waals surface area (Å²) in [7, 11) is 0. The topological polar surface area (TPSA) is 24.9 Å². The standard InChI is InChI=1S/C12H20N2S/c1-8-4-5-11(9(2)6-8)14-12-13-10(3)7-15-12/h7-9,11H,4-6H2,1-3H3,(H,13,14). The van der Waals surface area contributed by atoms with Crippen molar-refractivity contribution in [3.05, 3.63) is 11.1 Å². The SMILES string of the molecule is Cc1csc(NC2CCC(C)CC2C)n1. The van der Waals surface area contributed by atoms with Gasteiger partial charge >= 0.3 is 0 Å². The smallest absolute Gasteiger partial charge is 0.183 e. The van der Waals surface area contributed by atoms with Gasteiger partial charge < -0.3 is 5.32 Å². The maximum Gasteiger partial charge on any atom is 0.183 e. The summed E-state index contributed by atoms with van der Waals surface area (Å²) in [6.45, 7) is 6.77. The average Bonchev–Trinajstić information content (AvgIpc) is 2.56. The lowest BCUT2D eigenvalue weighted by atomic mass is 9.80. The first-order valence-corrected chi connectivity index (χ1v) is 6.72. The fourth-order valence-electron chi connectivity index (χ4n) is 2.46.